The average molecular weight is 419 g/mol. The van der Waals surface area contributed by atoms with Crippen LogP contribution in [0.1, 0.15) is 34.3 Å². The third-order valence-electron chi connectivity index (χ3n) is 6.54. The van der Waals surface area contributed by atoms with Crippen LogP contribution in [0.2, 0.25) is 0 Å². The van der Waals surface area contributed by atoms with E-state index in [2.05, 4.69) is 131 Å². The molecule has 0 unspecified atom stereocenters. The Morgan fingerprint density at radius 1 is 0.344 bits per heavy atom. The lowest BCUT2D eigenvalue weighted by atomic mass is 9.94. The van der Waals surface area contributed by atoms with E-state index in [0.29, 0.717) is 12.1 Å². The molecule has 2 nitrogen and oxygen atoms in total. The van der Waals surface area contributed by atoms with Crippen LogP contribution in [-0.2, 0) is 0 Å². The third-order valence-corrected chi connectivity index (χ3v) is 6.54. The smallest absolute Gasteiger partial charge is 0.0602 e. The molecule has 1 aliphatic heterocycles. The summed E-state index contributed by atoms with van der Waals surface area (Å²) in [6.45, 7) is 4.19. The molecule has 4 aromatic carbocycles. The molecule has 1 aliphatic rings. The van der Waals surface area contributed by atoms with E-state index in [0.717, 1.165) is 26.2 Å². The summed E-state index contributed by atoms with van der Waals surface area (Å²) in [5.41, 5.74) is 5.48. The van der Waals surface area contributed by atoms with Gasteiger partial charge < -0.3 is 0 Å². The summed E-state index contributed by atoms with van der Waals surface area (Å²) in [6, 6.07) is 44.4. The molecule has 0 spiro atoms. The van der Waals surface area contributed by atoms with Crippen LogP contribution in [0.25, 0.3) is 0 Å². The zero-order valence-corrected chi connectivity index (χ0v) is 18.4. The summed E-state index contributed by atoms with van der Waals surface area (Å²) < 4.78 is 0. The summed E-state index contributed by atoms with van der Waals surface area (Å²) in [4.78, 5) is 5.29. The van der Waals surface area contributed by atoms with Crippen molar-refractivity contribution in [3.8, 4) is 0 Å². The Bertz CT molecular complexity index is 903. The molecule has 0 N–H and O–H groups in total. The second kappa shape index (κ2) is 9.95. The van der Waals surface area contributed by atoms with Gasteiger partial charge in [-0.3, -0.25) is 9.80 Å². The van der Waals surface area contributed by atoms with Gasteiger partial charge in [-0.05, 0) is 22.3 Å². The Morgan fingerprint density at radius 3 is 0.781 bits per heavy atom. The van der Waals surface area contributed by atoms with Crippen molar-refractivity contribution in [2.45, 2.75) is 12.1 Å². The van der Waals surface area contributed by atoms with E-state index in [4.69, 9.17) is 0 Å². The van der Waals surface area contributed by atoms with Crippen molar-refractivity contribution in [1.82, 2.24) is 9.80 Å². The molecule has 0 atom stereocenters. The number of piperazine rings is 1. The highest BCUT2D eigenvalue weighted by Crippen LogP contribution is 2.33. The summed E-state index contributed by atoms with van der Waals surface area (Å²) in [5.74, 6) is 0. The van der Waals surface area contributed by atoms with Gasteiger partial charge >= 0.3 is 0 Å². The Kier molecular flexibility index (Phi) is 6.43. The van der Waals surface area contributed by atoms with E-state index in [-0.39, 0.29) is 0 Å². The summed E-state index contributed by atoms with van der Waals surface area (Å²) in [6.07, 6.45) is 0. The molecule has 1 fully saturated rings. The quantitative estimate of drug-likeness (QED) is 0.369. The molecule has 4 aromatic rings. The van der Waals surface area contributed by atoms with Gasteiger partial charge in [0.2, 0.25) is 0 Å². The van der Waals surface area contributed by atoms with Crippen LogP contribution in [0.4, 0.5) is 0 Å². The van der Waals surface area contributed by atoms with Crippen LogP contribution >= 0.6 is 0 Å². The van der Waals surface area contributed by atoms with Gasteiger partial charge in [0.25, 0.3) is 0 Å². The summed E-state index contributed by atoms with van der Waals surface area (Å²) in [7, 11) is 0. The van der Waals surface area contributed by atoms with Gasteiger partial charge in [-0.15, -0.1) is 0 Å². The van der Waals surface area contributed by atoms with E-state index < -0.39 is 0 Å². The maximum Gasteiger partial charge on any atom is 0.0602 e. The van der Waals surface area contributed by atoms with Crippen LogP contribution in [-0.4, -0.2) is 36.0 Å². The first-order valence-electron chi connectivity index (χ1n) is 11.6. The van der Waals surface area contributed by atoms with Crippen molar-refractivity contribution >= 4 is 0 Å². The van der Waals surface area contributed by atoms with Gasteiger partial charge in [-0.25, -0.2) is 0 Å². The van der Waals surface area contributed by atoms with E-state index in [9.17, 15) is 0 Å². The van der Waals surface area contributed by atoms with Crippen molar-refractivity contribution in [2.24, 2.45) is 0 Å². The van der Waals surface area contributed by atoms with E-state index in [1.807, 2.05) is 0 Å². The number of rotatable bonds is 6. The number of hydrogen-bond acceptors (Lipinski definition) is 2. The van der Waals surface area contributed by atoms with Gasteiger partial charge in [0, 0.05) is 26.2 Å². The van der Waals surface area contributed by atoms with E-state index >= 15 is 0 Å². The zero-order valence-electron chi connectivity index (χ0n) is 18.4. The first-order valence-corrected chi connectivity index (χ1v) is 11.6. The first kappa shape index (κ1) is 20.7. The predicted molar refractivity (Wildman–Crippen MR) is 133 cm³/mol. The largest absolute Gasteiger partial charge is 0.290 e. The standard InChI is InChI=1S/C30H30N2/c1-5-13-25(14-6-1)29(26-15-7-2-8-16-26)31-21-23-32(24-22-31)30(27-17-9-3-10-18-27)28-19-11-4-12-20-28/h1-20,29-30H,21-24H2. The fourth-order valence-electron chi connectivity index (χ4n) is 5.02. The van der Waals surface area contributed by atoms with Crippen LogP contribution in [0.3, 0.4) is 0 Å². The molecular weight excluding hydrogens is 388 g/mol. The molecule has 0 aromatic heterocycles. The molecule has 0 saturated carbocycles. The van der Waals surface area contributed by atoms with Gasteiger partial charge in [0.05, 0.1) is 12.1 Å². The summed E-state index contributed by atoms with van der Waals surface area (Å²) in [5, 5.41) is 0. The maximum absolute atomic E-state index is 2.65. The minimum atomic E-state index is 0.298. The van der Waals surface area contributed by atoms with Crippen LogP contribution in [0.15, 0.2) is 121 Å². The second-order valence-electron chi connectivity index (χ2n) is 8.52. The molecule has 0 aliphatic carbocycles. The van der Waals surface area contributed by atoms with Crippen LogP contribution < -0.4 is 0 Å². The number of benzene rings is 4. The van der Waals surface area contributed by atoms with Gasteiger partial charge in [-0.1, -0.05) is 121 Å². The van der Waals surface area contributed by atoms with Gasteiger partial charge in [0.15, 0.2) is 0 Å². The van der Waals surface area contributed by atoms with Crippen molar-refractivity contribution < 1.29 is 0 Å². The van der Waals surface area contributed by atoms with Gasteiger partial charge in [-0.2, -0.15) is 0 Å². The minimum Gasteiger partial charge on any atom is -0.290 e. The molecule has 5 rings (SSSR count). The molecular formula is C30H30N2. The number of nitrogens with zero attached hydrogens (tertiary/aromatic N) is 2. The lowest BCUT2D eigenvalue weighted by Gasteiger charge is -2.43. The summed E-state index contributed by atoms with van der Waals surface area (Å²) >= 11 is 0. The fraction of sp³-hybridized carbons (Fsp3) is 0.200. The normalized spacial score (nSPS) is 15.3. The molecule has 2 heteroatoms. The Labute approximate surface area is 191 Å². The monoisotopic (exact) mass is 418 g/mol. The highest BCUT2D eigenvalue weighted by Gasteiger charge is 2.30. The zero-order chi connectivity index (χ0) is 21.6. The van der Waals surface area contributed by atoms with Gasteiger partial charge in [0.1, 0.15) is 0 Å². The minimum absolute atomic E-state index is 0.298. The van der Waals surface area contributed by atoms with Crippen molar-refractivity contribution in [2.75, 3.05) is 26.2 Å². The molecule has 160 valence electrons. The highest BCUT2D eigenvalue weighted by molar-refractivity contribution is 5.34. The lowest BCUT2D eigenvalue weighted by Crippen LogP contribution is -2.49. The predicted octanol–water partition coefficient (Wildman–Crippen LogP) is 6.18. The average Bonchev–Trinajstić information content (AvgIpc) is 2.88. The van der Waals surface area contributed by atoms with E-state index in [1.54, 1.807) is 0 Å². The molecule has 0 bridgehead atoms. The van der Waals surface area contributed by atoms with Crippen LogP contribution in [0, 0.1) is 0 Å². The Hall–Kier alpha value is -3.20. The van der Waals surface area contributed by atoms with Crippen molar-refractivity contribution in [3.05, 3.63) is 144 Å². The lowest BCUT2D eigenvalue weighted by molar-refractivity contribution is 0.0898. The molecule has 32 heavy (non-hydrogen) atoms. The fourth-order valence-corrected chi connectivity index (χ4v) is 5.02. The molecule has 1 saturated heterocycles. The second-order valence-corrected chi connectivity index (χ2v) is 8.52. The SMILES string of the molecule is c1ccc(C(c2ccccc2)N2CCN(C(c3ccccc3)c3ccccc3)CC2)cc1. The molecule has 0 amide bonds. The topological polar surface area (TPSA) is 6.48 Å². The Balaban J connectivity index is 1.40. The van der Waals surface area contributed by atoms with Crippen molar-refractivity contribution in [1.29, 1.82) is 0 Å². The number of hydrogen-bond donors (Lipinski definition) is 0. The first-order chi connectivity index (χ1) is 15.9. The highest BCUT2D eigenvalue weighted by atomic mass is 15.3. The van der Waals surface area contributed by atoms with Crippen molar-refractivity contribution in [3.63, 3.8) is 0 Å². The molecule has 0 radical (unpaired) electrons. The van der Waals surface area contributed by atoms with Crippen LogP contribution in [0.5, 0.6) is 0 Å². The Morgan fingerprint density at radius 2 is 0.562 bits per heavy atom. The molecule has 1 heterocycles. The van der Waals surface area contributed by atoms with E-state index in [1.165, 1.54) is 22.3 Å². The maximum atomic E-state index is 2.65. The third kappa shape index (κ3) is 4.52.